The third-order valence-electron chi connectivity index (χ3n) is 4.90. The van der Waals surface area contributed by atoms with Crippen molar-refractivity contribution < 1.29 is 14.6 Å². The molecule has 0 amide bonds. The number of carbonyl (C=O) groups is 1. The molecular formula is C18H26N4O3S. The van der Waals surface area contributed by atoms with E-state index in [1.807, 2.05) is 25.9 Å². The van der Waals surface area contributed by atoms with E-state index in [2.05, 4.69) is 14.9 Å². The highest BCUT2D eigenvalue weighted by molar-refractivity contribution is 7.20. The molecule has 2 aromatic rings. The second kappa shape index (κ2) is 7.46. The fourth-order valence-corrected chi connectivity index (χ4v) is 4.78. The number of likely N-dealkylation sites (N-methyl/N-ethyl adjacent to an activating group) is 1. The van der Waals surface area contributed by atoms with Gasteiger partial charge in [-0.2, -0.15) is 0 Å². The molecule has 0 saturated carbocycles. The Morgan fingerprint density at radius 3 is 2.85 bits per heavy atom. The number of aromatic nitrogens is 2. The molecule has 3 rings (SSSR count). The van der Waals surface area contributed by atoms with Gasteiger partial charge in [0.05, 0.1) is 18.1 Å². The summed E-state index contributed by atoms with van der Waals surface area (Å²) in [7, 11) is 5.36. The molecule has 8 heteroatoms. The molecule has 0 radical (unpaired) electrons. The van der Waals surface area contributed by atoms with Crippen LogP contribution >= 0.6 is 11.3 Å². The van der Waals surface area contributed by atoms with Crippen LogP contribution in [-0.4, -0.2) is 72.4 Å². The lowest BCUT2D eigenvalue weighted by Gasteiger charge is -2.30. The summed E-state index contributed by atoms with van der Waals surface area (Å²) in [5.74, 6) is 0.501. The topological polar surface area (TPSA) is 78.8 Å². The van der Waals surface area contributed by atoms with Crippen molar-refractivity contribution in [2.45, 2.75) is 31.8 Å². The molecule has 2 aromatic heterocycles. The van der Waals surface area contributed by atoms with E-state index in [4.69, 9.17) is 4.74 Å². The van der Waals surface area contributed by atoms with Gasteiger partial charge in [0.15, 0.2) is 0 Å². The third kappa shape index (κ3) is 3.67. The number of esters is 1. The van der Waals surface area contributed by atoms with E-state index in [1.165, 1.54) is 18.4 Å². The van der Waals surface area contributed by atoms with E-state index in [9.17, 15) is 9.90 Å². The van der Waals surface area contributed by atoms with Crippen molar-refractivity contribution in [2.24, 2.45) is 0 Å². The summed E-state index contributed by atoms with van der Waals surface area (Å²) in [6.45, 7) is 4.12. The van der Waals surface area contributed by atoms with Crippen LogP contribution in [0.15, 0.2) is 6.33 Å². The van der Waals surface area contributed by atoms with Crippen LogP contribution in [0, 0.1) is 6.92 Å². The van der Waals surface area contributed by atoms with Gasteiger partial charge >= 0.3 is 5.97 Å². The monoisotopic (exact) mass is 378 g/mol. The maximum Gasteiger partial charge on any atom is 0.348 e. The van der Waals surface area contributed by atoms with Gasteiger partial charge in [-0.1, -0.05) is 0 Å². The Morgan fingerprint density at radius 2 is 2.15 bits per heavy atom. The number of hydrogen-bond donors (Lipinski definition) is 1. The molecule has 0 aromatic carbocycles. The molecule has 3 heterocycles. The third-order valence-corrected chi connectivity index (χ3v) is 6.08. The zero-order chi connectivity index (χ0) is 18.9. The van der Waals surface area contributed by atoms with E-state index in [0.29, 0.717) is 17.8 Å². The van der Waals surface area contributed by atoms with Crippen LogP contribution in [0.4, 0.5) is 5.82 Å². The molecule has 1 N–H and O–H groups in total. The standard InChI is InChI=1S/C18H26N4O3S/c1-12-13-15(19-11-20-16(13)26-14(12)17(23)25-4)22-8-5-6-18(24,7-9-22)10-21(2)3/h11,24H,5-10H2,1-4H3/t18-/m0/s1. The molecule has 1 aliphatic heterocycles. The molecule has 0 spiro atoms. The van der Waals surface area contributed by atoms with Gasteiger partial charge in [-0.3, -0.25) is 0 Å². The summed E-state index contributed by atoms with van der Waals surface area (Å²) in [5, 5.41) is 11.8. The number of aliphatic hydroxyl groups is 1. The fraction of sp³-hybridized carbons (Fsp3) is 0.611. The van der Waals surface area contributed by atoms with Crippen LogP contribution in [-0.2, 0) is 4.74 Å². The molecular weight excluding hydrogens is 352 g/mol. The first-order chi connectivity index (χ1) is 12.3. The van der Waals surface area contributed by atoms with Crippen LogP contribution in [0.5, 0.6) is 0 Å². The van der Waals surface area contributed by atoms with Crippen LogP contribution < -0.4 is 4.90 Å². The van der Waals surface area contributed by atoms with Crippen molar-refractivity contribution >= 4 is 33.3 Å². The minimum Gasteiger partial charge on any atom is -0.465 e. The number of carbonyl (C=O) groups excluding carboxylic acids is 1. The number of methoxy groups -OCH3 is 1. The maximum atomic E-state index is 12.0. The molecule has 0 unspecified atom stereocenters. The smallest absolute Gasteiger partial charge is 0.348 e. The van der Waals surface area contributed by atoms with Crippen molar-refractivity contribution in [1.29, 1.82) is 0 Å². The van der Waals surface area contributed by atoms with Crippen LogP contribution in [0.3, 0.4) is 0 Å². The summed E-state index contributed by atoms with van der Waals surface area (Å²) in [5.41, 5.74) is 0.186. The highest BCUT2D eigenvalue weighted by Gasteiger charge is 2.32. The van der Waals surface area contributed by atoms with Crippen LogP contribution in [0.25, 0.3) is 10.2 Å². The van der Waals surface area contributed by atoms with E-state index >= 15 is 0 Å². The van der Waals surface area contributed by atoms with E-state index in [0.717, 1.165) is 47.5 Å². The first-order valence-corrected chi connectivity index (χ1v) is 9.61. The van der Waals surface area contributed by atoms with Gasteiger partial charge in [0, 0.05) is 19.6 Å². The number of fused-ring (bicyclic) bond motifs is 1. The average Bonchev–Trinajstić information content (AvgIpc) is 2.81. The Hall–Kier alpha value is -1.77. The maximum absolute atomic E-state index is 12.0. The number of thiophene rings is 1. The molecule has 26 heavy (non-hydrogen) atoms. The minimum atomic E-state index is -0.675. The predicted molar refractivity (Wildman–Crippen MR) is 103 cm³/mol. The number of rotatable bonds is 4. The zero-order valence-corrected chi connectivity index (χ0v) is 16.6. The summed E-state index contributed by atoms with van der Waals surface area (Å²) in [6.07, 6.45) is 3.89. The summed E-state index contributed by atoms with van der Waals surface area (Å²) < 4.78 is 4.89. The van der Waals surface area contributed by atoms with Crippen molar-refractivity contribution in [3.8, 4) is 0 Å². The Kier molecular flexibility index (Phi) is 5.45. The van der Waals surface area contributed by atoms with E-state index < -0.39 is 5.60 Å². The molecule has 1 saturated heterocycles. The molecule has 142 valence electrons. The number of nitrogens with zero attached hydrogens (tertiary/aromatic N) is 4. The van der Waals surface area contributed by atoms with Crippen molar-refractivity contribution in [3.05, 3.63) is 16.8 Å². The zero-order valence-electron chi connectivity index (χ0n) is 15.8. The van der Waals surface area contributed by atoms with Gasteiger partial charge in [0.1, 0.15) is 21.9 Å². The van der Waals surface area contributed by atoms with Gasteiger partial charge in [-0.25, -0.2) is 14.8 Å². The summed E-state index contributed by atoms with van der Waals surface area (Å²) in [4.78, 5) is 26.5. The molecule has 1 aliphatic rings. The fourth-order valence-electron chi connectivity index (χ4n) is 3.72. The van der Waals surface area contributed by atoms with Gasteiger partial charge < -0.3 is 19.6 Å². The Bertz CT molecular complexity index is 807. The van der Waals surface area contributed by atoms with Crippen LogP contribution in [0.2, 0.25) is 0 Å². The van der Waals surface area contributed by atoms with Gasteiger partial charge in [-0.15, -0.1) is 11.3 Å². The molecule has 1 atom stereocenters. The number of anilines is 1. The Morgan fingerprint density at radius 1 is 1.38 bits per heavy atom. The first kappa shape index (κ1) is 19.0. The van der Waals surface area contributed by atoms with Crippen molar-refractivity contribution in [1.82, 2.24) is 14.9 Å². The largest absolute Gasteiger partial charge is 0.465 e. The lowest BCUT2D eigenvalue weighted by Crippen LogP contribution is -2.41. The minimum absolute atomic E-state index is 0.340. The molecule has 0 bridgehead atoms. The SMILES string of the molecule is COC(=O)c1sc2ncnc(N3CCC[C@@](O)(CN(C)C)CC3)c2c1C. The second-order valence-electron chi connectivity index (χ2n) is 7.23. The van der Waals surface area contributed by atoms with Crippen LogP contribution in [0.1, 0.15) is 34.5 Å². The normalized spacial score (nSPS) is 21.2. The number of ether oxygens (including phenoxy) is 1. The highest BCUT2D eigenvalue weighted by Crippen LogP contribution is 2.36. The second-order valence-corrected chi connectivity index (χ2v) is 8.23. The quantitative estimate of drug-likeness (QED) is 0.816. The van der Waals surface area contributed by atoms with Gasteiger partial charge in [0.2, 0.25) is 0 Å². The average molecular weight is 378 g/mol. The number of hydrogen-bond acceptors (Lipinski definition) is 8. The van der Waals surface area contributed by atoms with E-state index in [1.54, 1.807) is 6.33 Å². The lowest BCUT2D eigenvalue weighted by atomic mass is 9.94. The predicted octanol–water partition coefficient (Wildman–Crippen LogP) is 2.07. The molecule has 1 fully saturated rings. The Labute approximate surface area is 157 Å². The Balaban J connectivity index is 1.93. The van der Waals surface area contributed by atoms with Crippen molar-refractivity contribution in [3.63, 3.8) is 0 Å². The lowest BCUT2D eigenvalue weighted by molar-refractivity contribution is 0.00537. The molecule has 0 aliphatic carbocycles. The first-order valence-electron chi connectivity index (χ1n) is 8.79. The summed E-state index contributed by atoms with van der Waals surface area (Å²) in [6, 6.07) is 0. The van der Waals surface area contributed by atoms with Gasteiger partial charge in [0.25, 0.3) is 0 Å². The highest BCUT2D eigenvalue weighted by atomic mass is 32.1. The van der Waals surface area contributed by atoms with E-state index in [-0.39, 0.29) is 5.97 Å². The van der Waals surface area contributed by atoms with Gasteiger partial charge in [-0.05, 0) is 45.8 Å². The summed E-state index contributed by atoms with van der Waals surface area (Å²) >= 11 is 1.34. The molecule has 7 nitrogen and oxygen atoms in total. The number of aryl methyl sites for hydroxylation is 1. The van der Waals surface area contributed by atoms with Crippen molar-refractivity contribution in [2.75, 3.05) is 45.7 Å².